The number of hydrogen-bond acceptors (Lipinski definition) is 4. The Bertz CT molecular complexity index is 763. The average molecular weight is 367 g/mol. The van der Waals surface area contributed by atoms with Crippen LogP contribution >= 0.6 is 0 Å². The molecule has 2 aromatic carbocycles. The summed E-state index contributed by atoms with van der Waals surface area (Å²) in [5.74, 6) is 0.932. The van der Waals surface area contributed by atoms with E-state index in [-0.39, 0.29) is 5.91 Å². The first-order valence-electron chi connectivity index (χ1n) is 9.53. The van der Waals surface area contributed by atoms with Crippen LogP contribution < -0.4 is 15.0 Å². The molecule has 0 aromatic heterocycles. The molecule has 1 heterocycles. The van der Waals surface area contributed by atoms with Crippen molar-refractivity contribution in [1.29, 1.82) is 0 Å². The molecule has 1 amide bonds. The molecule has 5 nitrogen and oxygen atoms in total. The maximum atomic E-state index is 12.3. The molecule has 0 saturated carbocycles. The van der Waals surface area contributed by atoms with Crippen molar-refractivity contribution in [1.82, 2.24) is 10.2 Å². The van der Waals surface area contributed by atoms with Crippen molar-refractivity contribution in [2.75, 3.05) is 51.3 Å². The number of piperazine rings is 1. The molecule has 144 valence electrons. The third kappa shape index (κ3) is 5.01. The lowest BCUT2D eigenvalue weighted by molar-refractivity contribution is 0.0947. The molecule has 5 heteroatoms. The molecule has 1 fully saturated rings. The van der Waals surface area contributed by atoms with Crippen molar-refractivity contribution in [2.24, 2.45) is 0 Å². The maximum absolute atomic E-state index is 12.3. The van der Waals surface area contributed by atoms with E-state index in [1.807, 2.05) is 44.2 Å². The predicted molar refractivity (Wildman–Crippen MR) is 110 cm³/mol. The van der Waals surface area contributed by atoms with E-state index in [1.54, 1.807) is 7.11 Å². The molecule has 0 spiro atoms. The van der Waals surface area contributed by atoms with E-state index in [0.29, 0.717) is 6.54 Å². The van der Waals surface area contributed by atoms with E-state index in [4.69, 9.17) is 4.74 Å². The summed E-state index contributed by atoms with van der Waals surface area (Å²) < 4.78 is 5.47. The van der Waals surface area contributed by atoms with Gasteiger partial charge in [0.2, 0.25) is 0 Å². The monoisotopic (exact) mass is 367 g/mol. The summed E-state index contributed by atoms with van der Waals surface area (Å²) in [6, 6.07) is 14.1. The summed E-state index contributed by atoms with van der Waals surface area (Å²) in [6.07, 6.45) is 0. The third-order valence-electron chi connectivity index (χ3n) is 5.00. The Morgan fingerprint density at radius 2 is 1.70 bits per heavy atom. The molecule has 1 aliphatic rings. The lowest BCUT2D eigenvalue weighted by Gasteiger charge is -2.36. The number of aryl methyl sites for hydroxylation is 2. The van der Waals surface area contributed by atoms with Gasteiger partial charge in [0.1, 0.15) is 5.75 Å². The standard InChI is InChI=1S/C22H29N3O2/c1-17-14-18(2)16-19(15-17)22(26)23-8-9-24-10-12-25(13-11-24)20-6-4-5-7-21(20)27-3/h4-7,14-16H,8-13H2,1-3H3,(H,23,26). The van der Waals surface area contributed by atoms with Crippen molar-refractivity contribution < 1.29 is 9.53 Å². The zero-order valence-electron chi connectivity index (χ0n) is 16.5. The number of nitrogens with one attached hydrogen (secondary N) is 1. The molecule has 0 radical (unpaired) electrons. The smallest absolute Gasteiger partial charge is 0.251 e. The minimum absolute atomic E-state index is 0.00876. The van der Waals surface area contributed by atoms with Crippen LogP contribution in [0.5, 0.6) is 5.75 Å². The Labute approximate surface area is 161 Å². The number of anilines is 1. The number of benzene rings is 2. The van der Waals surface area contributed by atoms with E-state index in [2.05, 4.69) is 27.2 Å². The molecule has 0 bridgehead atoms. The number of amides is 1. The molecule has 1 N–H and O–H groups in total. The Kier molecular flexibility index (Phi) is 6.35. The lowest BCUT2D eigenvalue weighted by atomic mass is 10.1. The largest absolute Gasteiger partial charge is 0.495 e. The summed E-state index contributed by atoms with van der Waals surface area (Å²) >= 11 is 0. The zero-order valence-corrected chi connectivity index (χ0v) is 16.5. The van der Waals surface area contributed by atoms with Gasteiger partial charge in [0, 0.05) is 44.8 Å². The van der Waals surface area contributed by atoms with Gasteiger partial charge in [-0.25, -0.2) is 0 Å². The summed E-state index contributed by atoms with van der Waals surface area (Å²) in [6.45, 7) is 9.47. The molecule has 0 aliphatic carbocycles. The summed E-state index contributed by atoms with van der Waals surface area (Å²) in [5.41, 5.74) is 4.14. The van der Waals surface area contributed by atoms with Crippen molar-refractivity contribution in [3.8, 4) is 5.75 Å². The highest BCUT2D eigenvalue weighted by molar-refractivity contribution is 5.94. The van der Waals surface area contributed by atoms with E-state index < -0.39 is 0 Å². The van der Waals surface area contributed by atoms with Crippen LogP contribution in [0.25, 0.3) is 0 Å². The number of hydrogen-bond donors (Lipinski definition) is 1. The molecule has 27 heavy (non-hydrogen) atoms. The number of ether oxygens (including phenoxy) is 1. The number of nitrogens with zero attached hydrogens (tertiary/aromatic N) is 2. The predicted octanol–water partition coefficient (Wildman–Crippen LogP) is 2.86. The Morgan fingerprint density at radius 3 is 2.37 bits per heavy atom. The van der Waals surface area contributed by atoms with Crippen molar-refractivity contribution in [3.05, 3.63) is 59.2 Å². The van der Waals surface area contributed by atoms with Gasteiger partial charge >= 0.3 is 0 Å². The van der Waals surface area contributed by atoms with Gasteiger partial charge in [-0.1, -0.05) is 29.3 Å². The van der Waals surface area contributed by atoms with Crippen LogP contribution in [0.4, 0.5) is 5.69 Å². The highest BCUT2D eigenvalue weighted by Crippen LogP contribution is 2.28. The van der Waals surface area contributed by atoms with Crippen LogP contribution in [0.3, 0.4) is 0 Å². The zero-order chi connectivity index (χ0) is 19.2. The quantitative estimate of drug-likeness (QED) is 0.853. The molecule has 1 aliphatic heterocycles. The van der Waals surface area contributed by atoms with Gasteiger partial charge in [0.15, 0.2) is 0 Å². The van der Waals surface area contributed by atoms with Crippen molar-refractivity contribution >= 4 is 11.6 Å². The van der Waals surface area contributed by atoms with Gasteiger partial charge in [-0.05, 0) is 38.1 Å². The van der Waals surface area contributed by atoms with Gasteiger partial charge in [0.05, 0.1) is 12.8 Å². The number of carbonyl (C=O) groups is 1. The third-order valence-corrected chi connectivity index (χ3v) is 5.00. The van der Waals surface area contributed by atoms with Gasteiger partial charge in [-0.3, -0.25) is 9.69 Å². The fraction of sp³-hybridized carbons (Fsp3) is 0.409. The first kappa shape index (κ1) is 19.2. The van der Waals surface area contributed by atoms with E-state index in [9.17, 15) is 4.79 Å². The highest BCUT2D eigenvalue weighted by Gasteiger charge is 2.19. The molecule has 0 unspecified atom stereocenters. The first-order chi connectivity index (χ1) is 13.1. The van der Waals surface area contributed by atoms with Crippen LogP contribution in [0.2, 0.25) is 0 Å². The average Bonchev–Trinajstić information content (AvgIpc) is 2.67. The van der Waals surface area contributed by atoms with Crippen LogP contribution in [-0.4, -0.2) is 57.2 Å². The number of para-hydroxylation sites is 2. The molecule has 0 atom stereocenters. The summed E-state index contributed by atoms with van der Waals surface area (Å²) in [4.78, 5) is 17.1. The second-order valence-electron chi connectivity index (χ2n) is 7.13. The highest BCUT2D eigenvalue weighted by atomic mass is 16.5. The van der Waals surface area contributed by atoms with Crippen molar-refractivity contribution in [2.45, 2.75) is 13.8 Å². The first-order valence-corrected chi connectivity index (χ1v) is 9.53. The number of rotatable bonds is 6. The van der Waals surface area contributed by atoms with E-state index in [1.165, 1.54) is 0 Å². The number of carbonyl (C=O) groups excluding carboxylic acids is 1. The molecule has 2 aromatic rings. The Hall–Kier alpha value is -2.53. The minimum Gasteiger partial charge on any atom is -0.495 e. The number of methoxy groups -OCH3 is 1. The van der Waals surface area contributed by atoms with Gasteiger partial charge < -0.3 is 15.0 Å². The van der Waals surface area contributed by atoms with Gasteiger partial charge in [-0.15, -0.1) is 0 Å². The molecular weight excluding hydrogens is 338 g/mol. The summed E-state index contributed by atoms with van der Waals surface area (Å²) in [5, 5.41) is 3.05. The second kappa shape index (κ2) is 8.91. The Morgan fingerprint density at radius 1 is 1.04 bits per heavy atom. The van der Waals surface area contributed by atoms with Crippen molar-refractivity contribution in [3.63, 3.8) is 0 Å². The second-order valence-corrected chi connectivity index (χ2v) is 7.13. The minimum atomic E-state index is 0.00876. The fourth-order valence-corrected chi connectivity index (χ4v) is 3.64. The van der Waals surface area contributed by atoms with Crippen LogP contribution in [0.1, 0.15) is 21.5 Å². The Balaban J connectivity index is 1.45. The molecule has 1 saturated heterocycles. The lowest BCUT2D eigenvalue weighted by Crippen LogP contribution is -2.48. The topological polar surface area (TPSA) is 44.8 Å². The van der Waals surface area contributed by atoms with Crippen LogP contribution in [0, 0.1) is 13.8 Å². The SMILES string of the molecule is COc1ccccc1N1CCN(CCNC(=O)c2cc(C)cc(C)c2)CC1. The van der Waals surface area contributed by atoms with E-state index >= 15 is 0 Å². The maximum Gasteiger partial charge on any atom is 0.251 e. The molecular formula is C22H29N3O2. The summed E-state index contributed by atoms with van der Waals surface area (Å²) in [7, 11) is 1.72. The van der Waals surface area contributed by atoms with Crippen LogP contribution in [0.15, 0.2) is 42.5 Å². The van der Waals surface area contributed by atoms with E-state index in [0.717, 1.165) is 60.9 Å². The van der Waals surface area contributed by atoms with Gasteiger partial charge in [0.25, 0.3) is 5.91 Å². The molecule has 3 rings (SSSR count). The normalized spacial score (nSPS) is 14.9. The van der Waals surface area contributed by atoms with Gasteiger partial charge in [-0.2, -0.15) is 0 Å². The fourth-order valence-electron chi connectivity index (χ4n) is 3.64. The van der Waals surface area contributed by atoms with Crippen LogP contribution in [-0.2, 0) is 0 Å².